The summed E-state index contributed by atoms with van der Waals surface area (Å²) in [6.07, 6.45) is -8.36. The molecule has 10 heteroatoms. The second-order valence-corrected chi connectivity index (χ2v) is 12.3. The van der Waals surface area contributed by atoms with Gasteiger partial charge in [0.1, 0.15) is 12.2 Å². The fourth-order valence-electron chi connectivity index (χ4n) is 6.47. The number of carbonyl (C=O) groups is 2. The molecular weight excluding hydrogens is 612 g/mol. The summed E-state index contributed by atoms with van der Waals surface area (Å²) in [4.78, 5) is 27.6. The van der Waals surface area contributed by atoms with Crippen LogP contribution in [0.3, 0.4) is 0 Å². The third kappa shape index (κ3) is 7.50. The number of hydrogen-bond acceptors (Lipinski definition) is 8. The van der Waals surface area contributed by atoms with Gasteiger partial charge in [-0.3, -0.25) is 9.59 Å². The van der Waals surface area contributed by atoms with E-state index in [0.29, 0.717) is 24.0 Å². The average Bonchev–Trinajstić information content (AvgIpc) is 3.60. The van der Waals surface area contributed by atoms with Crippen LogP contribution >= 0.6 is 0 Å². The lowest BCUT2D eigenvalue weighted by atomic mass is 9.99. The molecule has 0 saturated heterocycles. The molecule has 0 fully saturated rings. The van der Waals surface area contributed by atoms with Gasteiger partial charge in [0, 0.05) is 0 Å². The van der Waals surface area contributed by atoms with Crippen LogP contribution in [0.5, 0.6) is 0 Å². The lowest BCUT2D eigenvalue weighted by Crippen LogP contribution is -2.58. The Balaban J connectivity index is 1.22. The van der Waals surface area contributed by atoms with Crippen molar-refractivity contribution in [3.05, 3.63) is 143 Å². The summed E-state index contributed by atoms with van der Waals surface area (Å²) in [6, 6.07) is 31.3. The second kappa shape index (κ2) is 15.2. The van der Waals surface area contributed by atoms with Crippen molar-refractivity contribution in [1.29, 1.82) is 0 Å². The van der Waals surface area contributed by atoms with Crippen molar-refractivity contribution in [2.75, 3.05) is 0 Å². The molecule has 0 saturated carbocycles. The zero-order chi connectivity index (χ0) is 33.6. The number of hydrogen-bond donors (Lipinski definition) is 6. The van der Waals surface area contributed by atoms with Crippen LogP contribution < -0.4 is 10.6 Å². The number of fused-ring (bicyclic) bond motifs is 2. The number of aliphatic hydroxyl groups excluding tert-OH is 4. The van der Waals surface area contributed by atoms with Gasteiger partial charge in [0.25, 0.3) is 11.8 Å². The predicted octanol–water partition coefficient (Wildman–Crippen LogP) is 2.43. The van der Waals surface area contributed by atoms with Gasteiger partial charge in [0.2, 0.25) is 0 Å². The lowest BCUT2D eigenvalue weighted by molar-refractivity contribution is -0.171. The highest BCUT2D eigenvalue weighted by Gasteiger charge is 2.43. The van der Waals surface area contributed by atoms with E-state index in [2.05, 4.69) is 10.6 Å². The first-order valence-electron chi connectivity index (χ1n) is 16.1. The first-order valence-corrected chi connectivity index (χ1v) is 16.1. The molecule has 0 radical (unpaired) electrons. The zero-order valence-corrected chi connectivity index (χ0v) is 26.3. The van der Waals surface area contributed by atoms with Crippen LogP contribution in [0.2, 0.25) is 0 Å². The monoisotopic (exact) mass is 652 g/mol. The molecule has 8 atom stereocenters. The minimum Gasteiger partial charge on any atom is -0.387 e. The molecule has 48 heavy (non-hydrogen) atoms. The molecule has 2 amide bonds. The van der Waals surface area contributed by atoms with Crippen LogP contribution in [0.4, 0.5) is 0 Å². The Kier molecular flexibility index (Phi) is 10.6. The average molecular weight is 653 g/mol. The Labute approximate surface area is 279 Å². The molecule has 2 unspecified atom stereocenters. The van der Waals surface area contributed by atoms with Gasteiger partial charge in [-0.2, -0.15) is 0 Å². The van der Waals surface area contributed by atoms with E-state index >= 15 is 0 Å². The maximum absolute atomic E-state index is 13.8. The standard InChI is InChI=1S/C38H40N2O8/c41-31-27-17-9-7-15-25(27)19-29(31)39-37(45)35(47-21-23-11-3-1-4-12-23)33(43)34(44)36(48-22-24-13-5-2-6-14-24)38(46)40-30-20-26-16-8-10-18-28(26)32(30)42/h1-18,29-36,41-44H,19-22H2,(H,39,45)(H,40,46)/t29-,30-,31+,32+,33-,34-,35?,36?/m1/s1. The Bertz CT molecular complexity index is 1560. The molecule has 0 bridgehead atoms. The largest absolute Gasteiger partial charge is 0.387 e. The Hall–Kier alpha value is -4.42. The normalized spacial score (nSPS) is 22.2. The van der Waals surface area contributed by atoms with E-state index < -0.39 is 60.5 Å². The Morgan fingerprint density at radius 2 is 0.938 bits per heavy atom. The molecule has 10 nitrogen and oxygen atoms in total. The molecule has 4 aromatic carbocycles. The molecule has 2 aliphatic carbocycles. The van der Waals surface area contributed by atoms with Crippen LogP contribution in [-0.4, -0.2) is 68.7 Å². The molecule has 0 spiro atoms. The van der Waals surface area contributed by atoms with E-state index in [0.717, 1.165) is 22.3 Å². The van der Waals surface area contributed by atoms with Crippen LogP contribution in [-0.2, 0) is 45.1 Å². The molecule has 250 valence electrons. The van der Waals surface area contributed by atoms with Crippen molar-refractivity contribution in [2.45, 2.75) is 74.8 Å². The van der Waals surface area contributed by atoms with Gasteiger partial charge in [-0.25, -0.2) is 0 Å². The summed E-state index contributed by atoms with van der Waals surface area (Å²) in [5, 5.41) is 50.6. The third-order valence-corrected chi connectivity index (χ3v) is 9.08. The quantitative estimate of drug-likeness (QED) is 0.129. The van der Waals surface area contributed by atoms with Gasteiger partial charge in [-0.15, -0.1) is 0 Å². The number of ether oxygens (including phenoxy) is 2. The molecule has 0 heterocycles. The van der Waals surface area contributed by atoms with Gasteiger partial charge >= 0.3 is 0 Å². The van der Waals surface area contributed by atoms with Gasteiger partial charge in [-0.05, 0) is 46.2 Å². The third-order valence-electron chi connectivity index (χ3n) is 9.08. The molecule has 4 aromatic rings. The second-order valence-electron chi connectivity index (χ2n) is 12.3. The first-order chi connectivity index (χ1) is 23.3. The van der Waals surface area contributed by atoms with Crippen molar-refractivity contribution in [2.24, 2.45) is 0 Å². The van der Waals surface area contributed by atoms with Crippen molar-refractivity contribution >= 4 is 11.8 Å². The fraction of sp³-hybridized carbons (Fsp3) is 0.316. The smallest absolute Gasteiger partial charge is 0.252 e. The van der Waals surface area contributed by atoms with E-state index in [1.54, 1.807) is 60.7 Å². The zero-order valence-electron chi connectivity index (χ0n) is 26.3. The number of aliphatic hydroxyl groups is 4. The van der Waals surface area contributed by atoms with Crippen LogP contribution in [0, 0.1) is 0 Å². The van der Waals surface area contributed by atoms with Crippen molar-refractivity contribution in [3.8, 4) is 0 Å². The SMILES string of the molecule is O=C(N[C@@H]1Cc2ccccc2[C@@H]1O)C(OCc1ccccc1)[C@H](O)[C@@H](O)C(OCc1ccccc1)C(=O)N[C@@H]1Cc2ccccc2[C@@H]1O. The number of nitrogens with one attached hydrogen (secondary N) is 2. The van der Waals surface area contributed by atoms with E-state index in [9.17, 15) is 30.0 Å². The van der Waals surface area contributed by atoms with Crippen molar-refractivity contribution < 1.29 is 39.5 Å². The van der Waals surface area contributed by atoms with E-state index in [1.807, 2.05) is 48.5 Å². The molecular formula is C38H40N2O8. The van der Waals surface area contributed by atoms with Crippen LogP contribution in [0.1, 0.15) is 45.6 Å². The Morgan fingerprint density at radius 1 is 0.583 bits per heavy atom. The number of amides is 2. The highest BCUT2D eigenvalue weighted by Crippen LogP contribution is 2.32. The maximum Gasteiger partial charge on any atom is 0.252 e. The predicted molar refractivity (Wildman–Crippen MR) is 176 cm³/mol. The number of benzene rings is 4. The minimum atomic E-state index is -1.92. The molecule has 2 aliphatic rings. The fourth-order valence-corrected chi connectivity index (χ4v) is 6.47. The summed E-state index contributed by atoms with van der Waals surface area (Å²) in [6.45, 7) is -0.158. The first kappa shape index (κ1) is 33.5. The summed E-state index contributed by atoms with van der Waals surface area (Å²) in [5.74, 6) is -1.53. The molecule has 6 N–H and O–H groups in total. The summed E-state index contributed by atoms with van der Waals surface area (Å²) in [5.41, 5.74) is 4.61. The molecule has 0 aliphatic heterocycles. The molecule has 6 rings (SSSR count). The van der Waals surface area contributed by atoms with Crippen molar-refractivity contribution in [1.82, 2.24) is 10.6 Å². The highest BCUT2D eigenvalue weighted by molar-refractivity contribution is 5.84. The highest BCUT2D eigenvalue weighted by atomic mass is 16.5. The van der Waals surface area contributed by atoms with Gasteiger partial charge in [0.15, 0.2) is 12.2 Å². The van der Waals surface area contributed by atoms with Crippen LogP contribution in [0.25, 0.3) is 0 Å². The Morgan fingerprint density at radius 3 is 1.31 bits per heavy atom. The van der Waals surface area contributed by atoms with E-state index in [1.165, 1.54) is 0 Å². The van der Waals surface area contributed by atoms with E-state index in [4.69, 9.17) is 9.47 Å². The number of carbonyl (C=O) groups excluding carboxylic acids is 2. The topological polar surface area (TPSA) is 158 Å². The van der Waals surface area contributed by atoms with Crippen LogP contribution in [0.15, 0.2) is 109 Å². The minimum absolute atomic E-state index is 0.0790. The van der Waals surface area contributed by atoms with Gasteiger partial charge in [0.05, 0.1) is 37.5 Å². The van der Waals surface area contributed by atoms with Gasteiger partial charge in [-0.1, -0.05) is 109 Å². The van der Waals surface area contributed by atoms with E-state index in [-0.39, 0.29) is 13.2 Å². The van der Waals surface area contributed by atoms with Gasteiger partial charge < -0.3 is 40.5 Å². The summed E-state index contributed by atoms with van der Waals surface area (Å²) >= 11 is 0. The molecule has 0 aromatic heterocycles. The summed E-state index contributed by atoms with van der Waals surface area (Å²) < 4.78 is 11.9. The number of rotatable bonds is 13. The maximum atomic E-state index is 13.8. The van der Waals surface area contributed by atoms with Crippen molar-refractivity contribution in [3.63, 3.8) is 0 Å². The lowest BCUT2D eigenvalue weighted by Gasteiger charge is -2.32. The summed E-state index contributed by atoms with van der Waals surface area (Å²) in [7, 11) is 0.